The summed E-state index contributed by atoms with van der Waals surface area (Å²) in [7, 11) is 0. The minimum absolute atomic E-state index is 0.165. The van der Waals surface area contributed by atoms with Gasteiger partial charge in [0.1, 0.15) is 13.2 Å². The third-order valence-corrected chi connectivity index (χ3v) is 8.97. The van der Waals surface area contributed by atoms with Crippen LogP contribution in [0.15, 0.2) is 60.7 Å². The number of carbonyl (C=O) groups is 2. The molecule has 4 aliphatic heterocycles. The minimum atomic E-state index is -0.165. The molecule has 8 nitrogen and oxygen atoms in total. The monoisotopic (exact) mass is 548 g/mol. The van der Waals surface area contributed by atoms with E-state index in [9.17, 15) is 9.59 Å². The van der Waals surface area contributed by atoms with Crippen LogP contribution >= 0.6 is 0 Å². The molecule has 40 heavy (non-hydrogen) atoms. The molecule has 8 heteroatoms. The van der Waals surface area contributed by atoms with Gasteiger partial charge in [0.2, 0.25) is 0 Å². The second kappa shape index (κ2) is 14.5. The van der Waals surface area contributed by atoms with E-state index >= 15 is 0 Å². The fourth-order valence-electron chi connectivity index (χ4n) is 6.42. The van der Waals surface area contributed by atoms with Crippen molar-refractivity contribution in [3.63, 3.8) is 0 Å². The van der Waals surface area contributed by atoms with Crippen molar-refractivity contribution in [1.82, 2.24) is 20.4 Å². The van der Waals surface area contributed by atoms with E-state index < -0.39 is 0 Å². The Hall–Kier alpha value is -3.10. The number of likely N-dealkylation sites (tertiary alicyclic amines) is 2. The Balaban J connectivity index is 0.000000161. The molecule has 6 rings (SSSR count). The maximum atomic E-state index is 12.1. The first-order valence-corrected chi connectivity index (χ1v) is 15.0. The molecule has 0 radical (unpaired) electrons. The second-order valence-corrected chi connectivity index (χ2v) is 11.6. The summed E-state index contributed by atoms with van der Waals surface area (Å²) in [5.41, 5.74) is 2.08. The van der Waals surface area contributed by atoms with Crippen LogP contribution in [0, 0.1) is 23.7 Å². The molecular formula is C32H44N4O4. The van der Waals surface area contributed by atoms with Crippen LogP contribution in [0.4, 0.5) is 9.59 Å². The molecule has 216 valence electrons. The highest BCUT2D eigenvalue weighted by atomic mass is 16.6. The van der Waals surface area contributed by atoms with Crippen molar-refractivity contribution in [2.45, 2.75) is 38.9 Å². The van der Waals surface area contributed by atoms with E-state index in [1.807, 2.05) is 70.5 Å². The fourth-order valence-corrected chi connectivity index (χ4v) is 6.42. The molecule has 4 fully saturated rings. The number of benzene rings is 2. The van der Waals surface area contributed by atoms with Crippen LogP contribution < -0.4 is 10.6 Å². The second-order valence-electron chi connectivity index (χ2n) is 11.6. The Kier molecular flexibility index (Phi) is 10.3. The lowest BCUT2D eigenvalue weighted by Crippen LogP contribution is -2.33. The molecule has 2 amide bonds. The van der Waals surface area contributed by atoms with Gasteiger partial charge in [0.25, 0.3) is 0 Å². The molecule has 0 aliphatic carbocycles. The van der Waals surface area contributed by atoms with Crippen LogP contribution in [0.2, 0.25) is 0 Å². The molecule has 4 aliphatic rings. The van der Waals surface area contributed by atoms with Crippen molar-refractivity contribution in [2.24, 2.45) is 23.7 Å². The summed E-state index contributed by atoms with van der Waals surface area (Å²) in [5.74, 6) is 2.95. The highest BCUT2D eigenvalue weighted by molar-refractivity contribution is 5.68. The lowest BCUT2D eigenvalue weighted by atomic mass is 9.92. The van der Waals surface area contributed by atoms with Gasteiger partial charge in [0.05, 0.1) is 0 Å². The number of fused-ring (bicyclic) bond motifs is 2. The van der Waals surface area contributed by atoms with Crippen LogP contribution in [0.25, 0.3) is 0 Å². The Labute approximate surface area is 238 Å². The molecule has 0 bridgehead atoms. The summed E-state index contributed by atoms with van der Waals surface area (Å²) < 4.78 is 10.8. The number of ether oxygens (including phenoxy) is 2. The lowest BCUT2D eigenvalue weighted by Gasteiger charge is -2.20. The van der Waals surface area contributed by atoms with Gasteiger partial charge in [-0.1, -0.05) is 60.7 Å². The van der Waals surface area contributed by atoms with Gasteiger partial charge in [-0.15, -0.1) is 0 Å². The zero-order valence-corrected chi connectivity index (χ0v) is 23.5. The first-order chi connectivity index (χ1) is 19.7. The van der Waals surface area contributed by atoms with E-state index in [1.54, 1.807) is 0 Å². The van der Waals surface area contributed by atoms with Crippen LogP contribution in [0.3, 0.4) is 0 Å². The predicted octanol–water partition coefficient (Wildman–Crippen LogP) is 4.51. The standard InChI is InChI=1S/2C16H22N2O2/c2*19-16(20-12-13-4-2-1-3-5-13)18-8-6-14-10-17-11-15(14)7-9-18/h2*1-5,14-15,17H,6-12H2/t2*14-,15+. The van der Waals surface area contributed by atoms with Crippen molar-refractivity contribution in [2.75, 3.05) is 52.4 Å². The Bertz CT molecular complexity index is 956. The van der Waals surface area contributed by atoms with Gasteiger partial charge in [0, 0.05) is 26.2 Å². The highest BCUT2D eigenvalue weighted by Crippen LogP contribution is 2.28. The van der Waals surface area contributed by atoms with Gasteiger partial charge in [-0.25, -0.2) is 9.59 Å². The maximum absolute atomic E-state index is 12.1. The van der Waals surface area contributed by atoms with Crippen LogP contribution in [-0.4, -0.2) is 74.3 Å². The van der Waals surface area contributed by atoms with E-state index in [1.165, 1.54) is 0 Å². The molecule has 2 aromatic carbocycles. The smallest absolute Gasteiger partial charge is 0.410 e. The highest BCUT2D eigenvalue weighted by Gasteiger charge is 2.33. The van der Waals surface area contributed by atoms with E-state index in [0.29, 0.717) is 13.2 Å². The molecule has 0 spiro atoms. The van der Waals surface area contributed by atoms with Crippen molar-refractivity contribution >= 4 is 12.2 Å². The molecule has 0 saturated carbocycles. The minimum Gasteiger partial charge on any atom is -0.445 e. The average Bonchev–Trinajstić information content (AvgIpc) is 3.54. The summed E-state index contributed by atoms with van der Waals surface area (Å²) >= 11 is 0. The third-order valence-electron chi connectivity index (χ3n) is 8.97. The van der Waals surface area contributed by atoms with Crippen molar-refractivity contribution < 1.29 is 19.1 Å². The predicted molar refractivity (Wildman–Crippen MR) is 155 cm³/mol. The normalized spacial score (nSPS) is 25.9. The molecule has 4 atom stereocenters. The first-order valence-electron chi connectivity index (χ1n) is 15.0. The number of rotatable bonds is 4. The number of carbonyl (C=O) groups excluding carboxylic acids is 2. The zero-order chi connectivity index (χ0) is 27.6. The third kappa shape index (κ3) is 7.98. The lowest BCUT2D eigenvalue weighted by molar-refractivity contribution is 0.0960. The van der Waals surface area contributed by atoms with Crippen molar-refractivity contribution in [3.8, 4) is 0 Å². The van der Waals surface area contributed by atoms with Crippen molar-refractivity contribution in [1.29, 1.82) is 0 Å². The Morgan fingerprint density at radius 2 is 0.900 bits per heavy atom. The van der Waals surface area contributed by atoms with Crippen LogP contribution in [-0.2, 0) is 22.7 Å². The van der Waals surface area contributed by atoms with E-state index in [0.717, 1.165) is 113 Å². The zero-order valence-electron chi connectivity index (χ0n) is 23.5. The van der Waals surface area contributed by atoms with Gasteiger partial charge in [0.15, 0.2) is 0 Å². The molecule has 4 saturated heterocycles. The van der Waals surface area contributed by atoms with E-state index in [-0.39, 0.29) is 12.2 Å². The van der Waals surface area contributed by atoms with Gasteiger partial charge >= 0.3 is 12.2 Å². The van der Waals surface area contributed by atoms with Gasteiger partial charge in [-0.05, 0) is 86.7 Å². The Morgan fingerprint density at radius 1 is 0.575 bits per heavy atom. The first kappa shape index (κ1) is 28.4. The van der Waals surface area contributed by atoms with Gasteiger partial charge in [-0.2, -0.15) is 0 Å². The molecule has 2 N–H and O–H groups in total. The van der Waals surface area contributed by atoms with Crippen LogP contribution in [0.1, 0.15) is 36.8 Å². The topological polar surface area (TPSA) is 83.1 Å². The van der Waals surface area contributed by atoms with E-state index in [4.69, 9.17) is 9.47 Å². The molecule has 2 aromatic rings. The van der Waals surface area contributed by atoms with Crippen LogP contribution in [0.5, 0.6) is 0 Å². The fraction of sp³-hybridized carbons (Fsp3) is 0.562. The quantitative estimate of drug-likeness (QED) is 0.585. The average molecular weight is 549 g/mol. The SMILES string of the molecule is O=C(OCc1ccccc1)N1CC[C@@H]2CNC[C@@H]2CC1.O=C(OCc1ccccc1)N1CC[C@@H]2CNC[C@@H]2CC1. The van der Waals surface area contributed by atoms with Gasteiger partial charge < -0.3 is 29.9 Å². The van der Waals surface area contributed by atoms with Crippen molar-refractivity contribution in [3.05, 3.63) is 71.8 Å². The maximum Gasteiger partial charge on any atom is 0.410 e. The number of hydrogen-bond acceptors (Lipinski definition) is 6. The van der Waals surface area contributed by atoms with E-state index in [2.05, 4.69) is 10.6 Å². The molecular weight excluding hydrogens is 504 g/mol. The number of amides is 2. The summed E-state index contributed by atoms with van der Waals surface area (Å²) in [6.07, 6.45) is 4.05. The number of nitrogens with one attached hydrogen (secondary N) is 2. The summed E-state index contributed by atoms with van der Waals surface area (Å²) in [5, 5.41) is 6.90. The molecule has 0 aromatic heterocycles. The Morgan fingerprint density at radius 3 is 1.23 bits per heavy atom. The molecule has 0 unspecified atom stereocenters. The summed E-state index contributed by atoms with van der Waals surface area (Å²) in [4.78, 5) is 28.0. The number of nitrogens with zero attached hydrogens (tertiary/aromatic N) is 2. The molecule has 4 heterocycles. The summed E-state index contributed by atoms with van der Waals surface area (Å²) in [6.45, 7) is 8.49. The van der Waals surface area contributed by atoms with Gasteiger partial charge in [-0.3, -0.25) is 0 Å². The summed E-state index contributed by atoms with van der Waals surface area (Å²) in [6, 6.07) is 19.7. The largest absolute Gasteiger partial charge is 0.445 e. The number of hydrogen-bond donors (Lipinski definition) is 2.